The zero-order chi connectivity index (χ0) is 16.8. The van der Waals surface area contributed by atoms with Gasteiger partial charge in [-0.3, -0.25) is 4.40 Å². The normalized spacial score (nSPS) is 11.8. The molecule has 0 saturated carbocycles. The molecule has 0 saturated heterocycles. The Morgan fingerprint density at radius 3 is 2.57 bits per heavy atom. The van der Waals surface area contributed by atoms with Crippen LogP contribution in [0.15, 0.2) is 23.6 Å². The average molecular weight is 323 g/mol. The zero-order valence-electron chi connectivity index (χ0n) is 14.3. The van der Waals surface area contributed by atoms with Crippen molar-refractivity contribution in [2.75, 3.05) is 0 Å². The van der Waals surface area contributed by atoms with Crippen LogP contribution < -0.4 is 0 Å². The average Bonchev–Trinajstić information content (AvgIpc) is 3.02. The SMILES string of the molecule is Cc1ccc(-c2nc3scc(C(C)(C)C)n3c2CC#N)cc1C. The van der Waals surface area contributed by atoms with Gasteiger partial charge < -0.3 is 0 Å². The minimum absolute atomic E-state index is 0.0175. The monoisotopic (exact) mass is 323 g/mol. The number of nitriles is 1. The quantitative estimate of drug-likeness (QED) is 0.662. The Morgan fingerprint density at radius 1 is 1.22 bits per heavy atom. The highest BCUT2D eigenvalue weighted by atomic mass is 32.1. The van der Waals surface area contributed by atoms with Crippen LogP contribution in [0.4, 0.5) is 0 Å². The summed E-state index contributed by atoms with van der Waals surface area (Å²) in [5.74, 6) is 0. The Labute approximate surface area is 141 Å². The Balaban J connectivity index is 2.29. The van der Waals surface area contributed by atoms with Crippen molar-refractivity contribution in [3.05, 3.63) is 46.1 Å². The van der Waals surface area contributed by atoms with Crippen molar-refractivity contribution < 1.29 is 0 Å². The van der Waals surface area contributed by atoms with E-state index in [4.69, 9.17) is 4.98 Å². The number of fused-ring (bicyclic) bond motifs is 1. The molecule has 2 aromatic heterocycles. The van der Waals surface area contributed by atoms with Crippen LogP contribution in [-0.2, 0) is 11.8 Å². The van der Waals surface area contributed by atoms with Gasteiger partial charge in [0.2, 0.25) is 0 Å². The van der Waals surface area contributed by atoms with Gasteiger partial charge in [0.05, 0.1) is 23.9 Å². The van der Waals surface area contributed by atoms with Gasteiger partial charge in [0.15, 0.2) is 4.96 Å². The molecule has 23 heavy (non-hydrogen) atoms. The van der Waals surface area contributed by atoms with Gasteiger partial charge in [0.25, 0.3) is 0 Å². The molecule has 4 heteroatoms. The van der Waals surface area contributed by atoms with E-state index < -0.39 is 0 Å². The van der Waals surface area contributed by atoms with Crippen molar-refractivity contribution in [2.24, 2.45) is 0 Å². The summed E-state index contributed by atoms with van der Waals surface area (Å²) in [5, 5.41) is 11.5. The van der Waals surface area contributed by atoms with Crippen LogP contribution >= 0.6 is 11.3 Å². The summed E-state index contributed by atoms with van der Waals surface area (Å²) in [6.07, 6.45) is 0.364. The number of thiazole rings is 1. The van der Waals surface area contributed by atoms with Crippen molar-refractivity contribution in [3.8, 4) is 17.3 Å². The number of hydrogen-bond acceptors (Lipinski definition) is 3. The maximum atomic E-state index is 9.31. The highest BCUT2D eigenvalue weighted by Crippen LogP contribution is 2.34. The van der Waals surface area contributed by atoms with Crippen LogP contribution in [0.1, 0.15) is 43.3 Å². The van der Waals surface area contributed by atoms with Gasteiger partial charge >= 0.3 is 0 Å². The van der Waals surface area contributed by atoms with E-state index in [1.54, 1.807) is 11.3 Å². The predicted octanol–water partition coefficient (Wildman–Crippen LogP) is 5.04. The number of benzene rings is 1. The minimum atomic E-state index is 0.0175. The first kappa shape index (κ1) is 15.8. The molecule has 3 nitrogen and oxygen atoms in total. The summed E-state index contributed by atoms with van der Waals surface area (Å²) in [7, 11) is 0. The summed E-state index contributed by atoms with van der Waals surface area (Å²) < 4.78 is 2.18. The van der Waals surface area contributed by atoms with E-state index in [9.17, 15) is 5.26 Å². The van der Waals surface area contributed by atoms with Gasteiger partial charge in [-0.25, -0.2) is 4.98 Å². The smallest absolute Gasteiger partial charge is 0.194 e. The molecule has 3 rings (SSSR count). The highest BCUT2D eigenvalue weighted by Gasteiger charge is 2.24. The second kappa shape index (κ2) is 5.50. The van der Waals surface area contributed by atoms with Crippen LogP contribution in [-0.4, -0.2) is 9.38 Å². The second-order valence-corrected chi connectivity index (χ2v) is 7.87. The summed E-state index contributed by atoms with van der Waals surface area (Å²) in [5.41, 5.74) is 6.78. The predicted molar refractivity (Wildman–Crippen MR) is 96.0 cm³/mol. The molecule has 0 spiro atoms. The molecule has 0 unspecified atom stereocenters. The van der Waals surface area contributed by atoms with Gasteiger partial charge in [0.1, 0.15) is 0 Å². The summed E-state index contributed by atoms with van der Waals surface area (Å²) in [6, 6.07) is 8.70. The topological polar surface area (TPSA) is 41.1 Å². The largest absolute Gasteiger partial charge is 0.289 e. The Hall–Kier alpha value is -2.12. The van der Waals surface area contributed by atoms with E-state index in [0.29, 0.717) is 6.42 Å². The molecule has 0 aliphatic carbocycles. The van der Waals surface area contributed by atoms with Gasteiger partial charge in [0, 0.05) is 22.1 Å². The van der Waals surface area contributed by atoms with Crippen LogP contribution in [0.2, 0.25) is 0 Å². The Kier molecular flexibility index (Phi) is 3.77. The lowest BCUT2D eigenvalue weighted by atomic mass is 9.93. The lowest BCUT2D eigenvalue weighted by Crippen LogP contribution is -2.15. The lowest BCUT2D eigenvalue weighted by molar-refractivity contribution is 0.562. The van der Waals surface area contributed by atoms with Crippen molar-refractivity contribution in [2.45, 2.75) is 46.5 Å². The first-order chi connectivity index (χ1) is 10.8. The van der Waals surface area contributed by atoms with E-state index >= 15 is 0 Å². The zero-order valence-corrected chi connectivity index (χ0v) is 15.1. The van der Waals surface area contributed by atoms with Crippen molar-refractivity contribution in [1.82, 2.24) is 9.38 Å². The van der Waals surface area contributed by atoms with Crippen LogP contribution in [0.25, 0.3) is 16.2 Å². The number of rotatable bonds is 2. The van der Waals surface area contributed by atoms with Gasteiger partial charge in [-0.1, -0.05) is 32.9 Å². The molecule has 0 radical (unpaired) electrons. The summed E-state index contributed by atoms with van der Waals surface area (Å²) in [4.78, 5) is 5.80. The van der Waals surface area contributed by atoms with Crippen molar-refractivity contribution in [1.29, 1.82) is 5.26 Å². The standard InChI is InChI=1S/C19H21N3S/c1-12-6-7-14(10-13(12)2)17-15(8-9-20)22-16(19(3,4)5)11-23-18(22)21-17/h6-7,10-11H,8H2,1-5H3. The molecule has 0 bridgehead atoms. The molecule has 3 aromatic rings. The molecule has 0 N–H and O–H groups in total. The number of nitrogens with zero attached hydrogens (tertiary/aromatic N) is 3. The number of hydrogen-bond donors (Lipinski definition) is 0. The molecular weight excluding hydrogens is 302 g/mol. The van der Waals surface area contributed by atoms with Gasteiger partial charge in [-0.15, -0.1) is 11.3 Å². The first-order valence-electron chi connectivity index (χ1n) is 7.77. The fourth-order valence-electron chi connectivity index (χ4n) is 2.79. The molecular formula is C19H21N3S. The second-order valence-electron chi connectivity index (χ2n) is 7.03. The Bertz CT molecular complexity index is 917. The first-order valence-corrected chi connectivity index (χ1v) is 8.64. The summed E-state index contributed by atoms with van der Waals surface area (Å²) in [6.45, 7) is 10.8. The number of imidazole rings is 1. The van der Waals surface area contributed by atoms with Crippen molar-refractivity contribution in [3.63, 3.8) is 0 Å². The molecule has 2 heterocycles. The molecule has 0 aliphatic rings. The fraction of sp³-hybridized carbons (Fsp3) is 0.368. The van der Waals surface area contributed by atoms with Crippen LogP contribution in [0, 0.1) is 25.2 Å². The molecule has 0 atom stereocenters. The third-order valence-electron chi connectivity index (χ3n) is 4.25. The van der Waals surface area contributed by atoms with Crippen molar-refractivity contribution >= 4 is 16.3 Å². The molecule has 0 fully saturated rings. The lowest BCUT2D eigenvalue weighted by Gasteiger charge is -2.18. The molecule has 1 aromatic carbocycles. The minimum Gasteiger partial charge on any atom is -0.289 e. The van der Waals surface area contributed by atoms with E-state index in [1.165, 1.54) is 16.8 Å². The van der Waals surface area contributed by atoms with Crippen LogP contribution in [0.5, 0.6) is 0 Å². The molecule has 118 valence electrons. The third kappa shape index (κ3) is 2.66. The number of aryl methyl sites for hydroxylation is 2. The molecule has 0 aliphatic heterocycles. The third-order valence-corrected chi connectivity index (χ3v) is 5.08. The number of aromatic nitrogens is 2. The maximum absolute atomic E-state index is 9.31. The summed E-state index contributed by atoms with van der Waals surface area (Å²) >= 11 is 1.65. The molecule has 0 amide bonds. The van der Waals surface area contributed by atoms with E-state index in [-0.39, 0.29) is 5.41 Å². The van der Waals surface area contributed by atoms with Gasteiger partial charge in [-0.05, 0) is 31.0 Å². The van der Waals surface area contributed by atoms with E-state index in [1.807, 2.05) is 0 Å². The van der Waals surface area contributed by atoms with Gasteiger partial charge in [-0.2, -0.15) is 5.26 Å². The van der Waals surface area contributed by atoms with E-state index in [0.717, 1.165) is 21.9 Å². The Morgan fingerprint density at radius 2 is 1.96 bits per heavy atom. The fourth-order valence-corrected chi connectivity index (χ4v) is 3.92. The van der Waals surface area contributed by atoms with Crippen LogP contribution in [0.3, 0.4) is 0 Å². The highest BCUT2D eigenvalue weighted by molar-refractivity contribution is 7.15. The van der Waals surface area contributed by atoms with E-state index in [2.05, 4.69) is 68.7 Å². The maximum Gasteiger partial charge on any atom is 0.194 e.